The largest absolute Gasteiger partial charge is 0.411 e. The fraction of sp³-hybridized carbons (Fsp3) is 1.00. The van der Waals surface area contributed by atoms with Crippen LogP contribution in [-0.4, -0.2) is 38.1 Å². The van der Waals surface area contributed by atoms with E-state index >= 15 is 0 Å². The Morgan fingerprint density at radius 2 is 1.87 bits per heavy atom. The Balaban J connectivity index is 3.35. The van der Waals surface area contributed by atoms with Crippen molar-refractivity contribution in [1.82, 2.24) is 0 Å². The number of hydrogen-bond donors (Lipinski definition) is 1. The SMILES string of the molecule is CC(C)OCC(N)CCOCC(F)(F)F. The third-order valence-electron chi connectivity index (χ3n) is 1.54. The van der Waals surface area contributed by atoms with Gasteiger partial charge < -0.3 is 15.2 Å². The molecule has 0 rings (SSSR count). The molecule has 0 amide bonds. The molecule has 0 fully saturated rings. The molecular formula is C9H18F3NO2. The summed E-state index contributed by atoms with van der Waals surface area (Å²) in [5, 5.41) is 0. The summed E-state index contributed by atoms with van der Waals surface area (Å²) in [5.41, 5.74) is 5.59. The van der Waals surface area contributed by atoms with Crippen LogP contribution in [0, 0.1) is 0 Å². The average molecular weight is 229 g/mol. The highest BCUT2D eigenvalue weighted by atomic mass is 19.4. The Morgan fingerprint density at radius 1 is 1.27 bits per heavy atom. The van der Waals surface area contributed by atoms with E-state index in [1.807, 2.05) is 13.8 Å². The first-order valence-corrected chi connectivity index (χ1v) is 4.83. The van der Waals surface area contributed by atoms with Crippen LogP contribution in [0.5, 0.6) is 0 Å². The Kier molecular flexibility index (Phi) is 6.87. The lowest BCUT2D eigenvalue weighted by molar-refractivity contribution is -0.174. The van der Waals surface area contributed by atoms with Gasteiger partial charge in [-0.25, -0.2) is 0 Å². The van der Waals surface area contributed by atoms with Gasteiger partial charge in [0, 0.05) is 12.6 Å². The first-order chi connectivity index (χ1) is 6.81. The van der Waals surface area contributed by atoms with E-state index in [4.69, 9.17) is 10.5 Å². The molecule has 3 nitrogen and oxygen atoms in total. The molecule has 0 aromatic rings. The van der Waals surface area contributed by atoms with Gasteiger partial charge in [-0.3, -0.25) is 0 Å². The van der Waals surface area contributed by atoms with E-state index in [0.29, 0.717) is 13.0 Å². The zero-order chi connectivity index (χ0) is 11.9. The molecule has 92 valence electrons. The third-order valence-corrected chi connectivity index (χ3v) is 1.54. The highest BCUT2D eigenvalue weighted by molar-refractivity contribution is 4.60. The van der Waals surface area contributed by atoms with Gasteiger partial charge in [0.1, 0.15) is 6.61 Å². The van der Waals surface area contributed by atoms with Gasteiger partial charge in [0.15, 0.2) is 0 Å². The van der Waals surface area contributed by atoms with Gasteiger partial charge in [-0.05, 0) is 20.3 Å². The fourth-order valence-corrected chi connectivity index (χ4v) is 0.822. The Bertz CT molecular complexity index is 162. The quantitative estimate of drug-likeness (QED) is 0.676. The number of alkyl halides is 3. The van der Waals surface area contributed by atoms with Crippen molar-refractivity contribution in [2.45, 2.75) is 38.6 Å². The van der Waals surface area contributed by atoms with E-state index in [1.54, 1.807) is 0 Å². The second-order valence-corrected chi connectivity index (χ2v) is 3.60. The molecule has 6 heteroatoms. The molecule has 0 bridgehead atoms. The third kappa shape index (κ3) is 11.6. The minimum absolute atomic E-state index is 0.00211. The summed E-state index contributed by atoms with van der Waals surface area (Å²) in [7, 11) is 0. The summed E-state index contributed by atoms with van der Waals surface area (Å²) in [6.45, 7) is 2.86. The minimum Gasteiger partial charge on any atom is -0.377 e. The van der Waals surface area contributed by atoms with Gasteiger partial charge in [-0.2, -0.15) is 13.2 Å². The van der Waals surface area contributed by atoms with Crippen LogP contribution in [0.15, 0.2) is 0 Å². The van der Waals surface area contributed by atoms with Gasteiger partial charge in [-0.1, -0.05) is 0 Å². The summed E-state index contributed by atoms with van der Waals surface area (Å²) in [6.07, 6.45) is -3.83. The van der Waals surface area contributed by atoms with Crippen LogP contribution in [0.25, 0.3) is 0 Å². The number of nitrogens with two attached hydrogens (primary N) is 1. The van der Waals surface area contributed by atoms with Crippen LogP contribution in [-0.2, 0) is 9.47 Å². The topological polar surface area (TPSA) is 44.5 Å². The number of halogens is 3. The van der Waals surface area contributed by atoms with Crippen molar-refractivity contribution in [2.75, 3.05) is 19.8 Å². The second kappa shape index (κ2) is 7.03. The van der Waals surface area contributed by atoms with Crippen molar-refractivity contribution in [3.63, 3.8) is 0 Å². The second-order valence-electron chi connectivity index (χ2n) is 3.60. The lowest BCUT2D eigenvalue weighted by atomic mass is 10.2. The maximum absolute atomic E-state index is 11.7. The van der Waals surface area contributed by atoms with Crippen molar-refractivity contribution in [1.29, 1.82) is 0 Å². The van der Waals surface area contributed by atoms with Crippen LogP contribution < -0.4 is 5.73 Å². The van der Waals surface area contributed by atoms with Crippen LogP contribution in [0.1, 0.15) is 20.3 Å². The highest BCUT2D eigenvalue weighted by Crippen LogP contribution is 2.14. The van der Waals surface area contributed by atoms with E-state index < -0.39 is 12.8 Å². The Hall–Kier alpha value is -0.330. The lowest BCUT2D eigenvalue weighted by Crippen LogP contribution is -2.30. The number of rotatable bonds is 7. The van der Waals surface area contributed by atoms with E-state index in [1.165, 1.54) is 0 Å². The first-order valence-electron chi connectivity index (χ1n) is 4.83. The fourth-order valence-electron chi connectivity index (χ4n) is 0.822. The minimum atomic E-state index is -4.27. The van der Waals surface area contributed by atoms with E-state index in [2.05, 4.69) is 4.74 Å². The van der Waals surface area contributed by atoms with Crippen molar-refractivity contribution in [3.05, 3.63) is 0 Å². The standard InChI is InChI=1S/C9H18F3NO2/c1-7(2)15-5-8(13)3-4-14-6-9(10,11)12/h7-8H,3-6,13H2,1-2H3. The summed E-state index contributed by atoms with van der Waals surface area (Å²) in [6, 6.07) is -0.277. The maximum Gasteiger partial charge on any atom is 0.411 e. The average Bonchev–Trinajstić information content (AvgIpc) is 2.07. The van der Waals surface area contributed by atoms with E-state index in [0.717, 1.165) is 0 Å². The normalized spacial score (nSPS) is 14.6. The number of hydrogen-bond acceptors (Lipinski definition) is 3. The molecule has 0 aliphatic rings. The predicted molar refractivity (Wildman–Crippen MR) is 50.6 cm³/mol. The monoisotopic (exact) mass is 229 g/mol. The summed E-state index contributed by atoms with van der Waals surface area (Å²) < 4.78 is 44.6. The lowest BCUT2D eigenvalue weighted by Gasteiger charge is -2.14. The molecular weight excluding hydrogens is 211 g/mol. The first kappa shape index (κ1) is 14.7. The van der Waals surface area contributed by atoms with Gasteiger partial charge in [-0.15, -0.1) is 0 Å². The van der Waals surface area contributed by atoms with Crippen molar-refractivity contribution >= 4 is 0 Å². The molecule has 0 saturated carbocycles. The van der Waals surface area contributed by atoms with Gasteiger partial charge in [0.05, 0.1) is 12.7 Å². The molecule has 0 aliphatic heterocycles. The van der Waals surface area contributed by atoms with Crippen LogP contribution >= 0.6 is 0 Å². The smallest absolute Gasteiger partial charge is 0.377 e. The number of ether oxygens (including phenoxy) is 2. The van der Waals surface area contributed by atoms with Crippen molar-refractivity contribution in [3.8, 4) is 0 Å². The molecule has 0 aromatic carbocycles. The Morgan fingerprint density at radius 3 is 2.33 bits per heavy atom. The van der Waals surface area contributed by atoms with Crippen molar-refractivity contribution < 1.29 is 22.6 Å². The molecule has 0 spiro atoms. The molecule has 0 radical (unpaired) electrons. The summed E-state index contributed by atoms with van der Waals surface area (Å²) in [5.74, 6) is 0. The zero-order valence-electron chi connectivity index (χ0n) is 9.01. The molecule has 1 atom stereocenters. The molecule has 0 aromatic heterocycles. The molecule has 15 heavy (non-hydrogen) atoms. The summed E-state index contributed by atoms with van der Waals surface area (Å²) in [4.78, 5) is 0. The van der Waals surface area contributed by atoms with E-state index in [9.17, 15) is 13.2 Å². The Labute approximate surface area is 87.7 Å². The van der Waals surface area contributed by atoms with Crippen LogP contribution in [0.2, 0.25) is 0 Å². The molecule has 1 unspecified atom stereocenters. The van der Waals surface area contributed by atoms with Gasteiger partial charge >= 0.3 is 6.18 Å². The van der Waals surface area contributed by atoms with Gasteiger partial charge in [0.2, 0.25) is 0 Å². The van der Waals surface area contributed by atoms with Crippen LogP contribution in [0.3, 0.4) is 0 Å². The van der Waals surface area contributed by atoms with Crippen molar-refractivity contribution in [2.24, 2.45) is 5.73 Å². The zero-order valence-corrected chi connectivity index (χ0v) is 9.01. The molecule has 0 heterocycles. The molecule has 0 aliphatic carbocycles. The van der Waals surface area contributed by atoms with E-state index in [-0.39, 0.29) is 18.8 Å². The molecule has 0 saturated heterocycles. The predicted octanol–water partition coefficient (Wildman–Crippen LogP) is 1.71. The van der Waals surface area contributed by atoms with Crippen LogP contribution in [0.4, 0.5) is 13.2 Å². The molecule has 2 N–H and O–H groups in total. The van der Waals surface area contributed by atoms with Gasteiger partial charge in [0.25, 0.3) is 0 Å². The summed E-state index contributed by atoms with van der Waals surface area (Å²) >= 11 is 0. The highest BCUT2D eigenvalue weighted by Gasteiger charge is 2.27. The maximum atomic E-state index is 11.7.